The van der Waals surface area contributed by atoms with Crippen molar-refractivity contribution in [3.63, 3.8) is 0 Å². The van der Waals surface area contributed by atoms with E-state index in [1.54, 1.807) is 10.7 Å². The van der Waals surface area contributed by atoms with Crippen LogP contribution in [-0.2, 0) is 0 Å². The molecule has 3 heterocycles. The van der Waals surface area contributed by atoms with Crippen LogP contribution in [0.3, 0.4) is 0 Å². The quantitative estimate of drug-likeness (QED) is 0.943. The highest BCUT2D eigenvalue weighted by atomic mass is 19.3. The zero-order valence-corrected chi connectivity index (χ0v) is 13.8. The van der Waals surface area contributed by atoms with Crippen LogP contribution in [0.1, 0.15) is 27.2 Å². The van der Waals surface area contributed by atoms with Gasteiger partial charge in [0.05, 0.1) is 6.54 Å². The van der Waals surface area contributed by atoms with Gasteiger partial charge in [0.25, 0.3) is 5.92 Å². The molecule has 23 heavy (non-hydrogen) atoms. The molecule has 7 heteroatoms. The second-order valence-electron chi connectivity index (χ2n) is 7.16. The molecule has 0 aliphatic carbocycles. The second kappa shape index (κ2) is 5.70. The molecular weight excluding hydrogens is 300 g/mol. The number of nitrogens with zero attached hydrogens (tertiary/aromatic N) is 4. The van der Waals surface area contributed by atoms with Crippen LogP contribution >= 0.6 is 0 Å². The highest BCUT2D eigenvalue weighted by molar-refractivity contribution is 5.42. The Morgan fingerprint density at radius 2 is 2.13 bits per heavy atom. The number of nitrogens with one attached hydrogen (secondary N) is 1. The molecular formula is C16H23F2N5. The van der Waals surface area contributed by atoms with E-state index in [4.69, 9.17) is 0 Å². The van der Waals surface area contributed by atoms with Crippen LogP contribution in [0.25, 0.3) is 5.65 Å². The van der Waals surface area contributed by atoms with E-state index in [9.17, 15) is 8.78 Å². The third kappa shape index (κ3) is 3.44. The van der Waals surface area contributed by atoms with Gasteiger partial charge in [-0.25, -0.2) is 13.3 Å². The first-order chi connectivity index (χ1) is 10.8. The Morgan fingerprint density at radius 3 is 2.78 bits per heavy atom. The summed E-state index contributed by atoms with van der Waals surface area (Å²) in [5.74, 6) is -3.02. The van der Waals surface area contributed by atoms with Gasteiger partial charge in [0, 0.05) is 24.2 Å². The van der Waals surface area contributed by atoms with Gasteiger partial charge in [-0.2, -0.15) is 4.98 Å². The van der Waals surface area contributed by atoms with Gasteiger partial charge in [0.15, 0.2) is 5.65 Å². The first kappa shape index (κ1) is 16.1. The summed E-state index contributed by atoms with van der Waals surface area (Å²) in [6.45, 7) is 6.60. The average Bonchev–Trinajstić information content (AvgIpc) is 2.86. The molecule has 1 atom stereocenters. The maximum atomic E-state index is 14.4. The van der Waals surface area contributed by atoms with Crippen LogP contribution < -0.4 is 5.32 Å². The van der Waals surface area contributed by atoms with E-state index in [0.717, 1.165) is 0 Å². The van der Waals surface area contributed by atoms with Gasteiger partial charge in [-0.1, -0.05) is 6.07 Å². The predicted molar refractivity (Wildman–Crippen MR) is 85.9 cm³/mol. The molecule has 0 bridgehead atoms. The minimum atomic E-state index is -2.71. The van der Waals surface area contributed by atoms with Gasteiger partial charge < -0.3 is 5.32 Å². The van der Waals surface area contributed by atoms with Gasteiger partial charge in [-0.3, -0.25) is 4.90 Å². The first-order valence-electron chi connectivity index (χ1n) is 7.94. The molecule has 2 aromatic heterocycles. The van der Waals surface area contributed by atoms with Crippen molar-refractivity contribution in [2.45, 2.75) is 38.7 Å². The molecule has 0 amide bonds. The van der Waals surface area contributed by atoms with E-state index < -0.39 is 11.8 Å². The minimum absolute atomic E-state index is 0.182. The fraction of sp³-hybridized carbons (Fsp3) is 0.625. The molecule has 126 valence electrons. The van der Waals surface area contributed by atoms with E-state index in [1.807, 2.05) is 43.9 Å². The molecule has 0 radical (unpaired) electrons. The van der Waals surface area contributed by atoms with E-state index >= 15 is 0 Å². The van der Waals surface area contributed by atoms with Crippen LogP contribution in [0.2, 0.25) is 0 Å². The van der Waals surface area contributed by atoms with Gasteiger partial charge in [0.2, 0.25) is 5.95 Å². The van der Waals surface area contributed by atoms with E-state index in [0.29, 0.717) is 24.6 Å². The summed E-state index contributed by atoms with van der Waals surface area (Å²) >= 11 is 0. The number of hydrogen-bond acceptors (Lipinski definition) is 4. The summed E-state index contributed by atoms with van der Waals surface area (Å²) in [7, 11) is 0. The third-order valence-corrected chi connectivity index (χ3v) is 4.44. The maximum absolute atomic E-state index is 14.4. The Labute approximate surface area is 134 Å². The Morgan fingerprint density at radius 1 is 1.35 bits per heavy atom. The van der Waals surface area contributed by atoms with Gasteiger partial charge in [-0.15, -0.1) is 5.10 Å². The molecule has 0 unspecified atom stereocenters. The molecule has 5 nitrogen and oxygen atoms in total. The van der Waals surface area contributed by atoms with Crippen LogP contribution in [0.4, 0.5) is 14.7 Å². The van der Waals surface area contributed by atoms with Crippen LogP contribution in [0.15, 0.2) is 24.4 Å². The SMILES string of the molecule is CC(C)(C)N1CC[C@H](CNc2nc3ccccn3n2)C(F)(F)C1. The van der Waals surface area contributed by atoms with Gasteiger partial charge in [-0.05, 0) is 45.9 Å². The Bertz CT molecular complexity index is 643. The van der Waals surface area contributed by atoms with E-state index in [1.165, 1.54) is 0 Å². The molecule has 0 spiro atoms. The number of rotatable bonds is 3. The summed E-state index contributed by atoms with van der Waals surface area (Å²) in [5, 5.41) is 7.21. The Kier molecular flexibility index (Phi) is 4.00. The number of aromatic nitrogens is 3. The van der Waals surface area contributed by atoms with Crippen molar-refractivity contribution in [3.05, 3.63) is 24.4 Å². The van der Waals surface area contributed by atoms with Crippen LogP contribution in [-0.4, -0.2) is 50.6 Å². The average molecular weight is 323 g/mol. The number of piperidine rings is 1. The highest BCUT2D eigenvalue weighted by Crippen LogP contribution is 2.35. The van der Waals surface area contributed by atoms with Gasteiger partial charge in [0.1, 0.15) is 0 Å². The zero-order chi connectivity index (χ0) is 16.7. The largest absolute Gasteiger partial charge is 0.352 e. The lowest BCUT2D eigenvalue weighted by atomic mass is 9.89. The molecule has 1 aliphatic rings. The fourth-order valence-corrected chi connectivity index (χ4v) is 2.93. The molecule has 1 saturated heterocycles. The zero-order valence-electron chi connectivity index (χ0n) is 13.8. The number of anilines is 1. The van der Waals surface area contributed by atoms with Gasteiger partial charge >= 0.3 is 0 Å². The Balaban J connectivity index is 1.64. The van der Waals surface area contributed by atoms with Crippen molar-refractivity contribution in [2.75, 3.05) is 25.0 Å². The van der Waals surface area contributed by atoms with Crippen LogP contribution in [0, 0.1) is 5.92 Å². The second-order valence-corrected chi connectivity index (χ2v) is 7.16. The lowest BCUT2D eigenvalue weighted by Gasteiger charge is -2.44. The smallest absolute Gasteiger partial charge is 0.265 e. The molecule has 1 N–H and O–H groups in total. The predicted octanol–water partition coefficient (Wildman–Crippen LogP) is 2.90. The van der Waals surface area contributed by atoms with Crippen molar-refractivity contribution < 1.29 is 8.78 Å². The number of halogens is 2. The van der Waals surface area contributed by atoms with Crippen molar-refractivity contribution in [3.8, 4) is 0 Å². The summed E-state index contributed by atoms with van der Waals surface area (Å²) in [4.78, 5) is 6.14. The standard InChI is InChI=1S/C16H23F2N5/c1-15(2,3)22-9-7-12(16(17,18)11-22)10-19-14-20-13-6-4-5-8-23(13)21-14/h4-6,8,12H,7,9-11H2,1-3H3,(H,19,21)/t12-/m1/s1. The summed E-state index contributed by atoms with van der Waals surface area (Å²) < 4.78 is 30.5. The fourth-order valence-electron chi connectivity index (χ4n) is 2.93. The minimum Gasteiger partial charge on any atom is -0.352 e. The van der Waals surface area contributed by atoms with E-state index in [-0.39, 0.29) is 18.6 Å². The summed E-state index contributed by atoms with van der Waals surface area (Å²) in [6, 6.07) is 5.54. The lowest BCUT2D eigenvalue weighted by molar-refractivity contribution is -0.124. The number of hydrogen-bond donors (Lipinski definition) is 1. The molecule has 0 saturated carbocycles. The summed E-state index contributed by atoms with van der Waals surface area (Å²) in [6.07, 6.45) is 2.24. The first-order valence-corrected chi connectivity index (χ1v) is 7.94. The van der Waals surface area contributed by atoms with Crippen molar-refractivity contribution in [1.29, 1.82) is 0 Å². The van der Waals surface area contributed by atoms with Crippen molar-refractivity contribution in [2.24, 2.45) is 5.92 Å². The topological polar surface area (TPSA) is 45.5 Å². The van der Waals surface area contributed by atoms with Crippen molar-refractivity contribution >= 4 is 11.6 Å². The molecule has 1 aliphatic heterocycles. The molecule has 1 fully saturated rings. The lowest BCUT2D eigenvalue weighted by Crippen LogP contribution is -2.56. The number of alkyl halides is 2. The Hall–Kier alpha value is -1.76. The third-order valence-electron chi connectivity index (χ3n) is 4.44. The normalized spacial score (nSPS) is 22.4. The van der Waals surface area contributed by atoms with Crippen molar-refractivity contribution in [1.82, 2.24) is 19.5 Å². The number of pyridine rings is 1. The number of likely N-dealkylation sites (tertiary alicyclic amines) is 1. The molecule has 3 rings (SSSR count). The monoisotopic (exact) mass is 323 g/mol. The molecule has 2 aromatic rings. The van der Waals surface area contributed by atoms with E-state index in [2.05, 4.69) is 15.4 Å². The van der Waals surface area contributed by atoms with Crippen LogP contribution in [0.5, 0.6) is 0 Å². The maximum Gasteiger partial charge on any atom is 0.265 e. The highest BCUT2D eigenvalue weighted by Gasteiger charge is 2.46. The summed E-state index contributed by atoms with van der Waals surface area (Å²) in [5.41, 5.74) is 0.467. The molecule has 0 aromatic carbocycles. The number of fused-ring (bicyclic) bond motifs is 1.